The summed E-state index contributed by atoms with van der Waals surface area (Å²) in [6, 6.07) is 0. The van der Waals surface area contributed by atoms with Crippen LogP contribution in [0.25, 0.3) is 0 Å². The molecule has 0 aromatic heterocycles. The van der Waals surface area contributed by atoms with E-state index in [4.69, 9.17) is 0 Å². The Balaban J connectivity index is 0. The van der Waals surface area contributed by atoms with Crippen molar-refractivity contribution < 1.29 is 32.4 Å². The fourth-order valence-corrected chi connectivity index (χ4v) is 0.525. The van der Waals surface area contributed by atoms with Crippen molar-refractivity contribution in [1.29, 1.82) is 0 Å². The summed E-state index contributed by atoms with van der Waals surface area (Å²) < 4.78 is 23.5. The van der Waals surface area contributed by atoms with Crippen LogP contribution in [0.1, 0.15) is 19.8 Å². The second-order valence-corrected chi connectivity index (χ2v) is 2.02. The predicted molar refractivity (Wildman–Crippen MR) is 29.8 cm³/mol. The van der Waals surface area contributed by atoms with Crippen LogP contribution in [0.4, 0.5) is 0 Å². The summed E-state index contributed by atoms with van der Waals surface area (Å²) in [5, 5.41) is 0. The van der Waals surface area contributed by atoms with E-state index >= 15 is 0 Å². The Kier molecular flexibility index (Phi) is 12.0. The van der Waals surface area contributed by atoms with Crippen molar-refractivity contribution in [3.63, 3.8) is 0 Å². The van der Waals surface area contributed by atoms with E-state index in [-0.39, 0.29) is 19.5 Å². The second-order valence-electron chi connectivity index (χ2n) is 1.38. The molecule has 0 N–H and O–H groups in total. The fourth-order valence-electron chi connectivity index (χ4n) is 0.271. The van der Waals surface area contributed by atoms with Gasteiger partial charge in [-0.1, -0.05) is 13.3 Å². The first-order valence-corrected chi connectivity index (χ1v) is 3.50. The first-order chi connectivity index (χ1) is 3.77. The number of rotatable bonds is 4. The van der Waals surface area contributed by atoms with Crippen molar-refractivity contribution in [2.45, 2.75) is 19.8 Å². The summed E-state index contributed by atoms with van der Waals surface area (Å²) in [5.41, 5.74) is 0. The third-order valence-corrected chi connectivity index (χ3v) is 1.04. The zero-order chi connectivity index (χ0) is 6.41. The minimum atomic E-state index is -2.32. The number of unbranched alkanes of at least 4 members (excludes halogenated alkanes) is 1. The summed E-state index contributed by atoms with van der Waals surface area (Å²) >= 11 is -2.32. The predicted octanol–water partition coefficient (Wildman–Crippen LogP) is 0.595. The average molecular weight is 203 g/mol. The molecule has 0 aliphatic heterocycles. The second kappa shape index (κ2) is 8.69. The molecule has 0 fully saturated rings. The Morgan fingerprint density at radius 1 is 1.67 bits per heavy atom. The molecule has 0 saturated heterocycles. The molecule has 0 saturated carbocycles. The van der Waals surface area contributed by atoms with Crippen molar-refractivity contribution in [3.8, 4) is 0 Å². The van der Waals surface area contributed by atoms with Crippen molar-refractivity contribution >= 4 is 11.4 Å². The Labute approximate surface area is 70.4 Å². The first kappa shape index (κ1) is 12.4. The van der Waals surface area contributed by atoms with Crippen LogP contribution >= 0.6 is 0 Å². The molecule has 0 amide bonds. The maximum absolute atomic E-state index is 9.65. The van der Waals surface area contributed by atoms with Gasteiger partial charge in [-0.3, -0.25) is 0 Å². The van der Waals surface area contributed by atoms with E-state index < -0.39 is 11.4 Å². The van der Waals surface area contributed by atoms with E-state index in [2.05, 4.69) is 4.18 Å². The summed E-state index contributed by atoms with van der Waals surface area (Å²) in [6.45, 7) is 2.28. The van der Waals surface area contributed by atoms with E-state index in [0.29, 0.717) is 6.61 Å². The summed E-state index contributed by atoms with van der Waals surface area (Å²) in [6.07, 6.45) is 1.76. The summed E-state index contributed by atoms with van der Waals surface area (Å²) in [5.74, 6) is 0. The van der Waals surface area contributed by atoms with Gasteiger partial charge in [0.25, 0.3) is 0 Å². The van der Waals surface area contributed by atoms with Gasteiger partial charge in [-0.05, 0) is 6.42 Å². The summed E-state index contributed by atoms with van der Waals surface area (Å²) in [7, 11) is 0. The van der Waals surface area contributed by atoms with Gasteiger partial charge in [0.2, 0.25) is 0 Å². The van der Waals surface area contributed by atoms with E-state index in [1.54, 1.807) is 0 Å². The van der Waals surface area contributed by atoms with Crippen molar-refractivity contribution in [1.82, 2.24) is 0 Å². The molecule has 5 heteroatoms. The smallest absolute Gasteiger partial charge is 0.0842 e. The Bertz CT molecular complexity index is 78.2. The molecule has 0 heterocycles. The molecule has 0 bridgehead atoms. The minimum Gasteiger partial charge on any atom is -0.750 e. The molecule has 9 heavy (non-hydrogen) atoms. The van der Waals surface area contributed by atoms with Crippen LogP contribution in [-0.2, 0) is 35.0 Å². The minimum absolute atomic E-state index is 0. The van der Waals surface area contributed by atoms with Gasteiger partial charge >= 0.3 is 0 Å². The van der Waals surface area contributed by atoms with Crippen LogP contribution in [0.2, 0.25) is 0 Å². The van der Waals surface area contributed by atoms with Crippen molar-refractivity contribution in [2.75, 3.05) is 6.61 Å². The Morgan fingerprint density at radius 3 is 2.56 bits per heavy atom. The average Bonchev–Trinajstić information content (AvgIpc) is 1.66. The van der Waals surface area contributed by atoms with Crippen LogP contribution in [0.3, 0.4) is 0 Å². The number of hydrogen-bond donors (Lipinski definition) is 0. The molecule has 0 aromatic carbocycles. The standard InChI is InChI=1S/C4H10O3S.Zn/c1-2-3-4-7-8(5)6;/h2-4H2,1H3,(H,5,6);/p-1. The van der Waals surface area contributed by atoms with Crippen LogP contribution in [0.5, 0.6) is 0 Å². The van der Waals surface area contributed by atoms with Crippen molar-refractivity contribution in [3.05, 3.63) is 0 Å². The quantitative estimate of drug-likeness (QED) is 0.381. The largest absolute Gasteiger partial charge is 0.750 e. The molecule has 0 radical (unpaired) electrons. The Morgan fingerprint density at radius 2 is 2.22 bits per heavy atom. The molecule has 3 nitrogen and oxygen atoms in total. The molecule has 1 unspecified atom stereocenters. The van der Waals surface area contributed by atoms with Gasteiger partial charge < -0.3 is 8.74 Å². The van der Waals surface area contributed by atoms with Gasteiger partial charge in [-0.25, -0.2) is 4.21 Å². The zero-order valence-corrected chi connectivity index (χ0v) is 9.25. The maximum atomic E-state index is 9.65. The number of hydrogen-bond acceptors (Lipinski definition) is 3. The molecule has 52 valence electrons. The van der Waals surface area contributed by atoms with Crippen LogP contribution < -0.4 is 0 Å². The molecule has 0 spiro atoms. The molecule has 0 aliphatic rings. The van der Waals surface area contributed by atoms with Gasteiger partial charge in [0.1, 0.15) is 0 Å². The monoisotopic (exact) mass is 201 g/mol. The van der Waals surface area contributed by atoms with E-state index in [1.807, 2.05) is 6.92 Å². The Hall–Kier alpha value is 0.693. The zero-order valence-electron chi connectivity index (χ0n) is 5.46. The van der Waals surface area contributed by atoms with Gasteiger partial charge in [0.15, 0.2) is 0 Å². The normalized spacial score (nSPS) is 12.2. The van der Waals surface area contributed by atoms with Crippen LogP contribution in [0, 0.1) is 0 Å². The maximum Gasteiger partial charge on any atom is 0.0842 e. The fraction of sp³-hybridized carbons (Fsp3) is 1.00. The van der Waals surface area contributed by atoms with Gasteiger partial charge in [-0.15, -0.1) is 0 Å². The topological polar surface area (TPSA) is 49.4 Å². The molecule has 0 rings (SSSR count). The van der Waals surface area contributed by atoms with Crippen LogP contribution in [-0.4, -0.2) is 15.4 Å². The molecule has 1 atom stereocenters. The van der Waals surface area contributed by atoms with Gasteiger partial charge in [0.05, 0.1) is 18.0 Å². The van der Waals surface area contributed by atoms with Gasteiger partial charge in [0, 0.05) is 19.5 Å². The van der Waals surface area contributed by atoms with E-state index in [9.17, 15) is 8.76 Å². The molecule has 0 aliphatic carbocycles. The molecular formula is C4H9O3SZn-. The van der Waals surface area contributed by atoms with Gasteiger partial charge in [-0.2, -0.15) is 0 Å². The van der Waals surface area contributed by atoms with Crippen molar-refractivity contribution in [2.24, 2.45) is 0 Å². The SMILES string of the molecule is CCCCOS(=O)[O-].[Zn]. The summed E-state index contributed by atoms with van der Waals surface area (Å²) in [4.78, 5) is 0. The molecular weight excluding hydrogens is 193 g/mol. The third-order valence-electron chi connectivity index (χ3n) is 0.677. The van der Waals surface area contributed by atoms with Crippen LogP contribution in [0.15, 0.2) is 0 Å². The third kappa shape index (κ3) is 12.0. The van der Waals surface area contributed by atoms with E-state index in [1.165, 1.54) is 0 Å². The first-order valence-electron chi connectivity index (χ1n) is 2.50. The molecule has 0 aromatic rings. The van der Waals surface area contributed by atoms with E-state index in [0.717, 1.165) is 12.8 Å².